The second-order valence-corrected chi connectivity index (χ2v) is 9.74. The molecule has 2 nitrogen and oxygen atoms in total. The normalized spacial score (nSPS) is 16.3. The van der Waals surface area contributed by atoms with Crippen molar-refractivity contribution in [1.82, 2.24) is 4.57 Å². The lowest BCUT2D eigenvalue weighted by atomic mass is 9.72. The van der Waals surface area contributed by atoms with E-state index in [2.05, 4.69) is 92.6 Å². The third-order valence-corrected chi connectivity index (χ3v) is 6.55. The van der Waals surface area contributed by atoms with Gasteiger partial charge in [0.2, 0.25) is 0 Å². The number of aryl methyl sites for hydroxylation is 1. The second-order valence-electron chi connectivity index (χ2n) is 9.74. The molecular formula is C28H33NO. The Hall–Kier alpha value is -2.74. The first-order valence-electron chi connectivity index (χ1n) is 11.1. The van der Waals surface area contributed by atoms with Crippen molar-refractivity contribution >= 4 is 0 Å². The average molecular weight is 400 g/mol. The summed E-state index contributed by atoms with van der Waals surface area (Å²) in [6.45, 7) is 10.7. The maximum atomic E-state index is 9.51. The molecule has 2 heteroatoms. The molecule has 0 fully saturated rings. The number of fused-ring (bicyclic) bond motifs is 1. The van der Waals surface area contributed by atoms with Crippen LogP contribution in [0, 0.1) is 11.3 Å². The van der Waals surface area contributed by atoms with E-state index in [1.165, 1.54) is 40.2 Å². The standard InChI is InChI=1S/C28H33NO/c1-20(30)13-14-21-9-8-12-25(17-21)29-26-16-15-24(28(2,3)4)18-23(26)19-27(29)22-10-6-5-7-11-22/h5-12,17,19,24,30H,1,13-16,18H2,2-4H3. The topological polar surface area (TPSA) is 25.2 Å². The summed E-state index contributed by atoms with van der Waals surface area (Å²) in [5, 5.41) is 9.51. The molecule has 1 atom stereocenters. The molecule has 4 rings (SSSR count). The number of nitrogens with zero attached hydrogens (tertiary/aromatic N) is 1. The van der Waals surface area contributed by atoms with Crippen molar-refractivity contribution in [3.05, 3.63) is 89.8 Å². The molecule has 2 aromatic carbocycles. The van der Waals surface area contributed by atoms with Crippen LogP contribution in [-0.4, -0.2) is 9.67 Å². The molecule has 1 aliphatic rings. The summed E-state index contributed by atoms with van der Waals surface area (Å²) in [5.74, 6) is 0.961. The van der Waals surface area contributed by atoms with Crippen LogP contribution in [0.5, 0.6) is 0 Å². The molecule has 30 heavy (non-hydrogen) atoms. The van der Waals surface area contributed by atoms with Gasteiger partial charge in [0.1, 0.15) is 0 Å². The Bertz CT molecular complexity index is 1040. The van der Waals surface area contributed by atoms with Crippen LogP contribution in [0.2, 0.25) is 0 Å². The number of aromatic nitrogens is 1. The predicted molar refractivity (Wildman–Crippen MR) is 126 cm³/mol. The van der Waals surface area contributed by atoms with Gasteiger partial charge >= 0.3 is 0 Å². The summed E-state index contributed by atoms with van der Waals surface area (Å²) in [5.41, 5.74) is 8.26. The van der Waals surface area contributed by atoms with Gasteiger partial charge in [-0.1, -0.05) is 69.8 Å². The Labute approximate surface area is 180 Å². The molecule has 0 amide bonds. The highest BCUT2D eigenvalue weighted by atomic mass is 16.3. The number of hydrogen-bond donors (Lipinski definition) is 1. The molecule has 1 N–H and O–H groups in total. The third-order valence-electron chi connectivity index (χ3n) is 6.55. The van der Waals surface area contributed by atoms with E-state index in [0.29, 0.717) is 17.8 Å². The second kappa shape index (κ2) is 8.18. The molecule has 1 aliphatic carbocycles. The fourth-order valence-corrected chi connectivity index (χ4v) is 4.72. The average Bonchev–Trinajstić information content (AvgIpc) is 3.11. The van der Waals surface area contributed by atoms with E-state index in [1.54, 1.807) is 0 Å². The van der Waals surface area contributed by atoms with E-state index < -0.39 is 0 Å². The van der Waals surface area contributed by atoms with Crippen LogP contribution in [0.15, 0.2) is 73.0 Å². The lowest BCUT2D eigenvalue weighted by molar-refractivity contribution is 0.215. The highest BCUT2D eigenvalue weighted by Crippen LogP contribution is 2.41. The third kappa shape index (κ3) is 4.23. The Morgan fingerprint density at radius 1 is 1.07 bits per heavy atom. The van der Waals surface area contributed by atoms with Gasteiger partial charge in [-0.25, -0.2) is 0 Å². The fraction of sp³-hybridized carbons (Fsp3) is 0.357. The molecule has 0 saturated heterocycles. The van der Waals surface area contributed by atoms with Gasteiger partial charge in [0.25, 0.3) is 0 Å². The first-order valence-corrected chi connectivity index (χ1v) is 11.1. The molecule has 3 aromatic rings. The quantitative estimate of drug-likeness (QED) is 0.447. The molecular weight excluding hydrogens is 366 g/mol. The zero-order valence-corrected chi connectivity index (χ0v) is 18.5. The Morgan fingerprint density at radius 2 is 1.83 bits per heavy atom. The maximum absolute atomic E-state index is 9.51. The summed E-state index contributed by atoms with van der Waals surface area (Å²) >= 11 is 0. The van der Waals surface area contributed by atoms with E-state index >= 15 is 0 Å². The minimum Gasteiger partial charge on any atom is -0.513 e. The predicted octanol–water partition coefficient (Wildman–Crippen LogP) is 7.30. The van der Waals surface area contributed by atoms with E-state index in [-0.39, 0.29) is 5.76 Å². The van der Waals surface area contributed by atoms with Crippen molar-refractivity contribution in [1.29, 1.82) is 0 Å². The van der Waals surface area contributed by atoms with Crippen molar-refractivity contribution in [2.24, 2.45) is 11.3 Å². The Balaban J connectivity index is 1.80. The van der Waals surface area contributed by atoms with Crippen LogP contribution >= 0.6 is 0 Å². The smallest absolute Gasteiger partial charge is 0.0854 e. The molecule has 1 heterocycles. The Kier molecular flexibility index (Phi) is 5.60. The first kappa shape index (κ1) is 20.5. The SMILES string of the molecule is C=C(O)CCc1cccc(-n2c(-c3ccccc3)cc3c2CCC(C(C)(C)C)C3)c1. The highest BCUT2D eigenvalue weighted by molar-refractivity contribution is 5.66. The summed E-state index contributed by atoms with van der Waals surface area (Å²) in [7, 11) is 0. The minimum absolute atomic E-state index is 0.247. The lowest BCUT2D eigenvalue weighted by Crippen LogP contribution is -2.27. The van der Waals surface area contributed by atoms with Crippen LogP contribution in [0.25, 0.3) is 16.9 Å². The van der Waals surface area contributed by atoms with Crippen molar-refractivity contribution in [3.63, 3.8) is 0 Å². The van der Waals surface area contributed by atoms with Gasteiger partial charge in [-0.15, -0.1) is 0 Å². The fourth-order valence-electron chi connectivity index (χ4n) is 4.72. The molecule has 0 bridgehead atoms. The molecule has 1 aromatic heterocycles. The van der Waals surface area contributed by atoms with Gasteiger partial charge in [-0.3, -0.25) is 0 Å². The van der Waals surface area contributed by atoms with Crippen LogP contribution in [0.3, 0.4) is 0 Å². The summed E-state index contributed by atoms with van der Waals surface area (Å²) in [6.07, 6.45) is 4.90. The van der Waals surface area contributed by atoms with Crippen LogP contribution in [0.1, 0.15) is 50.4 Å². The number of benzene rings is 2. The zero-order valence-electron chi connectivity index (χ0n) is 18.5. The van der Waals surface area contributed by atoms with Crippen molar-refractivity contribution in [2.75, 3.05) is 0 Å². The van der Waals surface area contributed by atoms with Crippen LogP contribution in [0.4, 0.5) is 0 Å². The molecule has 0 radical (unpaired) electrons. The first-order chi connectivity index (χ1) is 14.3. The zero-order chi connectivity index (χ0) is 21.3. The number of rotatable bonds is 5. The van der Waals surface area contributed by atoms with E-state index in [9.17, 15) is 5.11 Å². The van der Waals surface area contributed by atoms with E-state index in [4.69, 9.17) is 0 Å². The minimum atomic E-state index is 0.247. The number of aliphatic hydroxyl groups is 1. The van der Waals surface area contributed by atoms with Crippen LogP contribution in [-0.2, 0) is 19.3 Å². The molecule has 0 aliphatic heterocycles. The summed E-state index contributed by atoms with van der Waals surface area (Å²) in [4.78, 5) is 0. The molecule has 1 unspecified atom stereocenters. The molecule has 156 valence electrons. The summed E-state index contributed by atoms with van der Waals surface area (Å²) < 4.78 is 2.47. The largest absolute Gasteiger partial charge is 0.513 e. The van der Waals surface area contributed by atoms with Crippen LogP contribution < -0.4 is 0 Å². The Morgan fingerprint density at radius 3 is 2.53 bits per heavy atom. The van der Waals surface area contributed by atoms with Gasteiger partial charge in [0.05, 0.1) is 11.5 Å². The van der Waals surface area contributed by atoms with Gasteiger partial charge < -0.3 is 9.67 Å². The summed E-state index contributed by atoms with van der Waals surface area (Å²) in [6, 6.07) is 21.9. The van der Waals surface area contributed by atoms with E-state index in [0.717, 1.165) is 19.3 Å². The van der Waals surface area contributed by atoms with Gasteiger partial charge in [0, 0.05) is 17.8 Å². The lowest BCUT2D eigenvalue weighted by Gasteiger charge is -2.34. The number of allylic oxidation sites excluding steroid dienone is 1. The monoisotopic (exact) mass is 399 g/mol. The molecule has 0 saturated carbocycles. The highest BCUT2D eigenvalue weighted by Gasteiger charge is 2.31. The maximum Gasteiger partial charge on any atom is 0.0854 e. The van der Waals surface area contributed by atoms with Gasteiger partial charge in [-0.2, -0.15) is 0 Å². The van der Waals surface area contributed by atoms with Gasteiger partial charge in [0.15, 0.2) is 0 Å². The molecule has 0 spiro atoms. The van der Waals surface area contributed by atoms with Crippen molar-refractivity contribution in [2.45, 2.75) is 52.9 Å². The van der Waals surface area contributed by atoms with Crippen molar-refractivity contribution < 1.29 is 5.11 Å². The number of aliphatic hydroxyl groups excluding tert-OH is 1. The van der Waals surface area contributed by atoms with Gasteiger partial charge in [-0.05, 0) is 71.9 Å². The van der Waals surface area contributed by atoms with E-state index in [1.807, 2.05) is 0 Å². The number of hydrogen-bond acceptors (Lipinski definition) is 1. The van der Waals surface area contributed by atoms with Crippen molar-refractivity contribution in [3.8, 4) is 16.9 Å².